The van der Waals surface area contributed by atoms with E-state index in [9.17, 15) is 26.3 Å². The van der Waals surface area contributed by atoms with Gasteiger partial charge in [0, 0.05) is 10.6 Å². The summed E-state index contributed by atoms with van der Waals surface area (Å²) >= 11 is 0. The van der Waals surface area contributed by atoms with E-state index in [0.717, 1.165) is 0 Å². The van der Waals surface area contributed by atoms with Gasteiger partial charge in [-0.25, -0.2) is 0 Å². The Hall–Kier alpha value is -2.09. The molecule has 0 bridgehead atoms. The second kappa shape index (κ2) is 4.65. The molecule has 0 aliphatic carbocycles. The van der Waals surface area contributed by atoms with Gasteiger partial charge < -0.3 is 4.74 Å². The van der Waals surface area contributed by atoms with Gasteiger partial charge in [-0.05, 0) is 23.7 Å². The van der Waals surface area contributed by atoms with E-state index < -0.39 is 29.5 Å². The minimum Gasteiger partial charge on any atom is -0.406 e. The van der Waals surface area contributed by atoms with Crippen molar-refractivity contribution in [1.82, 2.24) is 0 Å². The van der Waals surface area contributed by atoms with Crippen LogP contribution in [0.25, 0.3) is 10.4 Å². The van der Waals surface area contributed by atoms with Gasteiger partial charge in [0.2, 0.25) is 0 Å². The normalized spacial score (nSPS) is 11.9. The van der Waals surface area contributed by atoms with Crippen LogP contribution in [0.4, 0.5) is 32.0 Å². The maximum absolute atomic E-state index is 12.5. The fraction of sp³-hybridized carbons (Fsp3) is 0.250. The first-order chi connectivity index (χ1) is 8.13. The van der Waals surface area contributed by atoms with Crippen molar-refractivity contribution < 1.29 is 31.1 Å². The molecule has 98 valence electrons. The fourth-order valence-electron chi connectivity index (χ4n) is 1.07. The zero-order valence-electron chi connectivity index (χ0n) is 8.25. The second-order valence-corrected chi connectivity index (χ2v) is 2.91. The minimum absolute atomic E-state index is 0.109. The summed E-state index contributed by atoms with van der Waals surface area (Å²) in [5.74, 6) is -1.05. The molecule has 0 N–H and O–H groups in total. The van der Waals surface area contributed by atoms with Crippen molar-refractivity contribution in [1.29, 1.82) is 0 Å². The van der Waals surface area contributed by atoms with Gasteiger partial charge >= 0.3 is 12.5 Å². The standard InChI is InChI=1S/C8H3F6N3O/c9-7(10,11)5-3-4(18-8(12,13)14)1-2-6(5)16-17-15/h1-3H. The molecule has 0 spiro atoms. The summed E-state index contributed by atoms with van der Waals surface area (Å²) < 4.78 is 76.2. The number of ether oxygens (including phenoxy) is 1. The molecule has 0 heterocycles. The first-order valence-electron chi connectivity index (χ1n) is 4.15. The van der Waals surface area contributed by atoms with Gasteiger partial charge in [0.15, 0.2) is 0 Å². The summed E-state index contributed by atoms with van der Waals surface area (Å²) in [5.41, 5.74) is 5.70. The number of benzene rings is 1. The van der Waals surface area contributed by atoms with E-state index in [1.54, 1.807) is 0 Å². The zero-order chi connectivity index (χ0) is 14.0. The van der Waals surface area contributed by atoms with Gasteiger partial charge in [-0.15, -0.1) is 13.2 Å². The molecule has 0 amide bonds. The molecule has 10 heteroatoms. The minimum atomic E-state index is -5.11. The van der Waals surface area contributed by atoms with E-state index in [1.807, 2.05) is 0 Å². The van der Waals surface area contributed by atoms with Crippen LogP contribution < -0.4 is 4.74 Å². The lowest BCUT2D eigenvalue weighted by Crippen LogP contribution is -2.17. The van der Waals surface area contributed by atoms with Crippen LogP contribution in [-0.2, 0) is 6.18 Å². The van der Waals surface area contributed by atoms with Crippen LogP contribution >= 0.6 is 0 Å². The molecule has 0 aromatic heterocycles. The van der Waals surface area contributed by atoms with Crippen LogP contribution in [0, 0.1) is 0 Å². The van der Waals surface area contributed by atoms with E-state index in [2.05, 4.69) is 14.8 Å². The summed E-state index contributed by atoms with van der Waals surface area (Å²) in [5, 5.41) is 2.73. The summed E-state index contributed by atoms with van der Waals surface area (Å²) in [4.78, 5) is 2.15. The van der Waals surface area contributed by atoms with E-state index in [4.69, 9.17) is 5.53 Å². The van der Waals surface area contributed by atoms with Crippen molar-refractivity contribution in [3.05, 3.63) is 34.2 Å². The number of hydrogen-bond acceptors (Lipinski definition) is 2. The van der Waals surface area contributed by atoms with Crippen LogP contribution in [0.15, 0.2) is 23.3 Å². The maximum Gasteiger partial charge on any atom is 0.573 e. The molecule has 1 aromatic rings. The third-order valence-corrected chi connectivity index (χ3v) is 1.66. The Bertz CT molecular complexity index is 489. The van der Waals surface area contributed by atoms with Crippen molar-refractivity contribution in [3.63, 3.8) is 0 Å². The Kier molecular flexibility index (Phi) is 3.61. The lowest BCUT2D eigenvalue weighted by molar-refractivity contribution is -0.274. The lowest BCUT2D eigenvalue weighted by Gasteiger charge is -2.13. The number of rotatable bonds is 2. The highest BCUT2D eigenvalue weighted by Crippen LogP contribution is 2.39. The highest BCUT2D eigenvalue weighted by molar-refractivity contribution is 5.51. The largest absolute Gasteiger partial charge is 0.573 e. The summed E-state index contributed by atoms with van der Waals surface area (Å²) in [6, 6.07) is 1.31. The number of azide groups is 1. The molecular formula is C8H3F6N3O. The predicted octanol–water partition coefficient (Wildman–Crippen LogP) is 4.55. The molecule has 0 fully saturated rings. The van der Waals surface area contributed by atoms with Gasteiger partial charge in [0.25, 0.3) is 0 Å². The second-order valence-electron chi connectivity index (χ2n) is 2.91. The average molecular weight is 271 g/mol. The first-order valence-corrected chi connectivity index (χ1v) is 4.15. The Morgan fingerprint density at radius 1 is 1.11 bits per heavy atom. The monoisotopic (exact) mass is 271 g/mol. The first kappa shape index (κ1) is 14.0. The van der Waals surface area contributed by atoms with Gasteiger partial charge in [0.05, 0.1) is 5.56 Å². The van der Waals surface area contributed by atoms with Gasteiger partial charge in [0.1, 0.15) is 5.75 Å². The van der Waals surface area contributed by atoms with E-state index >= 15 is 0 Å². The van der Waals surface area contributed by atoms with Crippen molar-refractivity contribution in [2.24, 2.45) is 5.11 Å². The third-order valence-electron chi connectivity index (χ3n) is 1.66. The topological polar surface area (TPSA) is 58.0 Å². The zero-order valence-corrected chi connectivity index (χ0v) is 8.25. The maximum atomic E-state index is 12.5. The van der Waals surface area contributed by atoms with Crippen molar-refractivity contribution in [2.45, 2.75) is 12.5 Å². The summed E-state index contributed by atoms with van der Waals surface area (Å²) in [7, 11) is 0. The van der Waals surface area contributed by atoms with Gasteiger partial charge in [-0.1, -0.05) is 5.11 Å². The molecule has 1 aromatic carbocycles. The van der Waals surface area contributed by atoms with Crippen LogP contribution in [0.2, 0.25) is 0 Å². The van der Waals surface area contributed by atoms with Gasteiger partial charge in [-0.3, -0.25) is 0 Å². The average Bonchev–Trinajstić information content (AvgIpc) is 2.16. The smallest absolute Gasteiger partial charge is 0.406 e. The SMILES string of the molecule is [N-]=[N+]=Nc1ccc(OC(F)(F)F)cc1C(F)(F)F. The van der Waals surface area contributed by atoms with Crippen molar-refractivity contribution in [3.8, 4) is 5.75 Å². The van der Waals surface area contributed by atoms with Crippen molar-refractivity contribution >= 4 is 5.69 Å². The molecule has 0 saturated heterocycles. The third kappa shape index (κ3) is 3.74. The quantitative estimate of drug-likeness (QED) is 0.337. The molecule has 0 atom stereocenters. The molecular weight excluding hydrogens is 268 g/mol. The van der Waals surface area contributed by atoms with Crippen LogP contribution in [0.1, 0.15) is 5.56 Å². The number of halogens is 6. The number of hydrogen-bond donors (Lipinski definition) is 0. The number of nitrogens with zero attached hydrogens (tertiary/aromatic N) is 3. The molecule has 4 nitrogen and oxygen atoms in total. The molecule has 1 rings (SSSR count). The molecule has 0 aliphatic heterocycles. The van der Waals surface area contributed by atoms with Crippen LogP contribution in [0.3, 0.4) is 0 Å². The Morgan fingerprint density at radius 2 is 1.72 bits per heavy atom. The molecule has 0 unspecified atom stereocenters. The summed E-state index contributed by atoms with van der Waals surface area (Å²) in [6.45, 7) is 0. The van der Waals surface area contributed by atoms with Crippen LogP contribution in [-0.4, -0.2) is 6.36 Å². The Morgan fingerprint density at radius 3 is 2.17 bits per heavy atom. The van der Waals surface area contributed by atoms with E-state index in [-0.39, 0.29) is 6.07 Å². The Balaban J connectivity index is 3.26. The summed E-state index contributed by atoms with van der Waals surface area (Å²) in [6.07, 6.45) is -10.1. The lowest BCUT2D eigenvalue weighted by atomic mass is 10.1. The van der Waals surface area contributed by atoms with E-state index in [0.29, 0.717) is 12.1 Å². The fourth-order valence-corrected chi connectivity index (χ4v) is 1.07. The molecule has 18 heavy (non-hydrogen) atoms. The number of alkyl halides is 6. The van der Waals surface area contributed by atoms with Gasteiger partial charge in [-0.2, -0.15) is 13.2 Å². The Labute approximate surface area is 95.4 Å². The van der Waals surface area contributed by atoms with Crippen LogP contribution in [0.5, 0.6) is 5.75 Å². The molecule has 0 radical (unpaired) electrons. The molecule has 0 aliphatic rings. The molecule has 0 saturated carbocycles. The highest BCUT2D eigenvalue weighted by atomic mass is 19.4. The van der Waals surface area contributed by atoms with Crippen molar-refractivity contribution in [2.75, 3.05) is 0 Å². The van der Waals surface area contributed by atoms with E-state index in [1.165, 1.54) is 0 Å². The highest BCUT2D eigenvalue weighted by Gasteiger charge is 2.36. The predicted molar refractivity (Wildman–Crippen MR) is 46.9 cm³/mol.